The number of ketones is 1. The first-order valence-electron chi connectivity index (χ1n) is 13.6. The second-order valence-electron chi connectivity index (χ2n) is 14.0. The predicted molar refractivity (Wildman–Crippen MR) is 132 cm³/mol. The van der Waals surface area contributed by atoms with Crippen molar-refractivity contribution in [3.05, 3.63) is 11.1 Å². The highest BCUT2D eigenvalue weighted by Crippen LogP contribution is 2.71. The molecule has 0 N–H and O–H groups in total. The Kier molecular flexibility index (Phi) is 5.88. The maximum absolute atomic E-state index is 14.0. The molecule has 6 atom stereocenters. The molecule has 1 nitrogen and oxygen atoms in total. The summed E-state index contributed by atoms with van der Waals surface area (Å²) >= 11 is 0. The summed E-state index contributed by atoms with van der Waals surface area (Å²) in [6, 6.07) is 0. The third-order valence-electron chi connectivity index (χ3n) is 11.4. The van der Waals surface area contributed by atoms with Crippen LogP contribution in [0.2, 0.25) is 0 Å². The smallest absolute Gasteiger partial charge is 0.159 e. The lowest BCUT2D eigenvalue weighted by Gasteiger charge is -2.60. The van der Waals surface area contributed by atoms with Crippen LogP contribution < -0.4 is 0 Å². The first-order valence-corrected chi connectivity index (χ1v) is 13.6. The first-order chi connectivity index (χ1) is 14.4. The fraction of sp³-hybridized carbons (Fsp3) is 0.900. The van der Waals surface area contributed by atoms with E-state index in [1.54, 1.807) is 5.57 Å². The summed E-state index contributed by atoms with van der Waals surface area (Å²) in [6.45, 7) is 19.7. The van der Waals surface area contributed by atoms with Gasteiger partial charge in [-0.25, -0.2) is 0 Å². The number of carbonyl (C=O) groups excluding carboxylic acids is 1. The number of hydrogen-bond acceptors (Lipinski definition) is 1. The van der Waals surface area contributed by atoms with E-state index in [1.807, 2.05) is 0 Å². The molecule has 0 aromatic heterocycles. The van der Waals surface area contributed by atoms with Crippen LogP contribution in [0.3, 0.4) is 0 Å². The van der Waals surface area contributed by atoms with Crippen molar-refractivity contribution in [3.63, 3.8) is 0 Å². The van der Waals surface area contributed by atoms with Crippen LogP contribution in [0.15, 0.2) is 11.1 Å². The van der Waals surface area contributed by atoms with Gasteiger partial charge in [0.25, 0.3) is 0 Å². The van der Waals surface area contributed by atoms with Crippen molar-refractivity contribution < 1.29 is 4.79 Å². The summed E-state index contributed by atoms with van der Waals surface area (Å²) in [6.07, 6.45) is 13.8. The number of fused-ring (bicyclic) bond motifs is 4. The summed E-state index contributed by atoms with van der Waals surface area (Å²) in [5, 5.41) is 0. The Morgan fingerprint density at radius 3 is 2.32 bits per heavy atom. The lowest BCUT2D eigenvalue weighted by molar-refractivity contribution is -0.126. The highest BCUT2D eigenvalue weighted by atomic mass is 16.1. The fourth-order valence-corrected chi connectivity index (χ4v) is 9.59. The van der Waals surface area contributed by atoms with E-state index in [-0.39, 0.29) is 16.2 Å². The van der Waals surface area contributed by atoms with Gasteiger partial charge in [-0.1, -0.05) is 86.6 Å². The standard InChI is InChI=1S/C30H50O/c1-20(2)11-9-12-21(3)22-15-18-29(7)23-13-14-25-27(4,5)16-10-17-28(25,6)26(23)24(31)19-30(22,29)8/h20-22,25H,9-19H2,1-8H3/t21-,22-,25+,28+,29+,30-/m1/s1. The molecule has 0 amide bonds. The van der Waals surface area contributed by atoms with Crippen LogP contribution in [0.25, 0.3) is 0 Å². The van der Waals surface area contributed by atoms with Gasteiger partial charge in [-0.15, -0.1) is 0 Å². The van der Waals surface area contributed by atoms with Crippen molar-refractivity contribution in [2.24, 2.45) is 45.3 Å². The first kappa shape index (κ1) is 23.6. The van der Waals surface area contributed by atoms with Gasteiger partial charge in [0.2, 0.25) is 0 Å². The van der Waals surface area contributed by atoms with Crippen LogP contribution in [-0.4, -0.2) is 5.78 Å². The Hall–Kier alpha value is -0.590. The Morgan fingerprint density at radius 1 is 0.935 bits per heavy atom. The van der Waals surface area contributed by atoms with E-state index in [2.05, 4.69) is 55.4 Å². The minimum Gasteiger partial charge on any atom is -0.295 e. The van der Waals surface area contributed by atoms with E-state index in [9.17, 15) is 4.79 Å². The average Bonchev–Trinajstić information content (AvgIpc) is 2.92. The van der Waals surface area contributed by atoms with E-state index in [4.69, 9.17) is 0 Å². The van der Waals surface area contributed by atoms with Crippen LogP contribution in [0.1, 0.15) is 126 Å². The van der Waals surface area contributed by atoms with Gasteiger partial charge in [-0.3, -0.25) is 4.79 Å². The Balaban J connectivity index is 1.68. The lowest BCUT2D eigenvalue weighted by Crippen LogP contribution is -2.54. The summed E-state index contributed by atoms with van der Waals surface area (Å²) < 4.78 is 0. The summed E-state index contributed by atoms with van der Waals surface area (Å²) in [4.78, 5) is 14.0. The van der Waals surface area contributed by atoms with Gasteiger partial charge in [-0.2, -0.15) is 0 Å². The molecule has 4 rings (SSSR count). The molecule has 0 bridgehead atoms. The molecule has 0 aromatic carbocycles. The number of carbonyl (C=O) groups is 1. The van der Waals surface area contributed by atoms with E-state index >= 15 is 0 Å². The van der Waals surface area contributed by atoms with Gasteiger partial charge in [0.05, 0.1) is 0 Å². The van der Waals surface area contributed by atoms with Crippen LogP contribution >= 0.6 is 0 Å². The van der Waals surface area contributed by atoms with Crippen LogP contribution in [0.5, 0.6) is 0 Å². The molecule has 0 aromatic rings. The Morgan fingerprint density at radius 2 is 1.65 bits per heavy atom. The molecule has 2 saturated carbocycles. The Labute approximate surface area is 193 Å². The monoisotopic (exact) mass is 426 g/mol. The zero-order valence-corrected chi connectivity index (χ0v) is 22.0. The molecule has 0 unspecified atom stereocenters. The normalized spacial score (nSPS) is 42.9. The minimum absolute atomic E-state index is 0.123. The van der Waals surface area contributed by atoms with Crippen LogP contribution in [0, 0.1) is 45.3 Å². The van der Waals surface area contributed by atoms with Gasteiger partial charge in [0.1, 0.15) is 0 Å². The van der Waals surface area contributed by atoms with Gasteiger partial charge in [0.15, 0.2) is 5.78 Å². The molecule has 2 fully saturated rings. The average molecular weight is 427 g/mol. The second kappa shape index (κ2) is 7.73. The largest absolute Gasteiger partial charge is 0.295 e. The zero-order chi connectivity index (χ0) is 22.8. The van der Waals surface area contributed by atoms with Crippen LogP contribution in [0.4, 0.5) is 0 Å². The molecule has 4 aliphatic rings. The maximum atomic E-state index is 14.0. The minimum atomic E-state index is 0.123. The fourth-order valence-electron chi connectivity index (χ4n) is 9.59. The van der Waals surface area contributed by atoms with Crippen molar-refractivity contribution in [3.8, 4) is 0 Å². The molecule has 4 aliphatic carbocycles. The second-order valence-corrected chi connectivity index (χ2v) is 14.0. The summed E-state index contributed by atoms with van der Waals surface area (Å²) in [7, 11) is 0. The lowest BCUT2D eigenvalue weighted by atomic mass is 9.43. The van der Waals surface area contributed by atoms with E-state index in [0.717, 1.165) is 18.3 Å². The SMILES string of the molecule is CC(C)CCC[C@@H](C)[C@H]1CC[C@@]2(C)C3=C(C(=O)C[C@]12C)[C@@]1(C)CCCC(C)(C)[C@@H]1CC3. The van der Waals surface area contributed by atoms with Crippen molar-refractivity contribution in [2.45, 2.75) is 126 Å². The molecule has 0 radical (unpaired) electrons. The highest BCUT2D eigenvalue weighted by Gasteiger charge is 2.64. The van der Waals surface area contributed by atoms with E-state index in [0.29, 0.717) is 23.0 Å². The number of hydrogen-bond donors (Lipinski definition) is 0. The summed E-state index contributed by atoms with van der Waals surface area (Å²) in [5.74, 6) is 3.46. The molecule has 0 spiro atoms. The third kappa shape index (κ3) is 3.42. The zero-order valence-electron chi connectivity index (χ0n) is 22.0. The number of Topliss-reactive ketones (excluding diaryl/α,β-unsaturated/α-hetero) is 1. The molecule has 176 valence electrons. The topological polar surface area (TPSA) is 17.1 Å². The van der Waals surface area contributed by atoms with Gasteiger partial charge >= 0.3 is 0 Å². The Bertz CT molecular complexity index is 756. The van der Waals surface area contributed by atoms with E-state index < -0.39 is 0 Å². The van der Waals surface area contributed by atoms with Gasteiger partial charge in [0, 0.05) is 12.0 Å². The van der Waals surface area contributed by atoms with Crippen LogP contribution in [-0.2, 0) is 4.79 Å². The van der Waals surface area contributed by atoms with Crippen molar-refractivity contribution in [1.29, 1.82) is 0 Å². The number of allylic oxidation sites excluding steroid dienone is 2. The summed E-state index contributed by atoms with van der Waals surface area (Å²) in [5.41, 5.74) is 3.86. The van der Waals surface area contributed by atoms with E-state index in [1.165, 1.54) is 69.8 Å². The molecule has 31 heavy (non-hydrogen) atoms. The number of rotatable bonds is 5. The van der Waals surface area contributed by atoms with Crippen molar-refractivity contribution in [1.82, 2.24) is 0 Å². The molecule has 0 heterocycles. The van der Waals surface area contributed by atoms with Gasteiger partial charge in [-0.05, 0) is 83.9 Å². The van der Waals surface area contributed by atoms with Crippen molar-refractivity contribution in [2.75, 3.05) is 0 Å². The molecule has 0 saturated heterocycles. The quantitative estimate of drug-likeness (QED) is 0.429. The van der Waals surface area contributed by atoms with Crippen molar-refractivity contribution >= 4 is 5.78 Å². The van der Waals surface area contributed by atoms with Gasteiger partial charge < -0.3 is 0 Å². The third-order valence-corrected chi connectivity index (χ3v) is 11.4. The maximum Gasteiger partial charge on any atom is 0.159 e. The molecular formula is C30H50O. The molecule has 0 aliphatic heterocycles. The predicted octanol–water partition coefficient (Wildman–Crippen LogP) is 8.77. The molecular weight excluding hydrogens is 376 g/mol. The molecule has 1 heteroatoms. The highest BCUT2D eigenvalue weighted by molar-refractivity contribution is 5.99.